The van der Waals surface area contributed by atoms with Crippen molar-refractivity contribution in [3.63, 3.8) is 0 Å². The van der Waals surface area contributed by atoms with Crippen molar-refractivity contribution in [3.05, 3.63) is 0 Å². The Bertz CT molecular complexity index is 353. The molecule has 0 aromatic carbocycles. The molecule has 0 aromatic rings. The molecular formula is C10H17N3O5. The second-order valence-electron chi connectivity index (χ2n) is 3.88. The number of hydrogen-bond acceptors (Lipinski definition) is 4. The quantitative estimate of drug-likeness (QED) is 0.554. The molecule has 0 aliphatic heterocycles. The van der Waals surface area contributed by atoms with E-state index < -0.39 is 36.2 Å². The summed E-state index contributed by atoms with van der Waals surface area (Å²) in [6, 6.07) is -1.53. The van der Waals surface area contributed by atoms with Crippen molar-refractivity contribution in [3.8, 4) is 0 Å². The summed E-state index contributed by atoms with van der Waals surface area (Å²) in [5.41, 5.74) is 0. The Morgan fingerprint density at radius 3 is 2.17 bits per heavy atom. The van der Waals surface area contributed by atoms with Crippen LogP contribution < -0.4 is 10.6 Å². The number of carbonyl (C=O) groups excluding carboxylic acids is 3. The first kappa shape index (κ1) is 15.9. The van der Waals surface area contributed by atoms with Crippen molar-refractivity contribution < 1.29 is 24.3 Å². The highest BCUT2D eigenvalue weighted by molar-refractivity contribution is 5.91. The number of carboxylic acids is 1. The number of ketones is 1. The number of nitrogens with one attached hydrogen (secondary N) is 2. The second-order valence-corrected chi connectivity index (χ2v) is 3.88. The minimum absolute atomic E-state index is 0.319. The minimum Gasteiger partial charge on any atom is -0.481 e. The van der Waals surface area contributed by atoms with Gasteiger partial charge in [-0.05, 0) is 6.92 Å². The molecule has 0 aliphatic carbocycles. The summed E-state index contributed by atoms with van der Waals surface area (Å²) in [5.74, 6) is -2.26. The smallest absolute Gasteiger partial charge is 0.317 e. The largest absolute Gasteiger partial charge is 0.481 e. The maximum atomic E-state index is 11.4. The van der Waals surface area contributed by atoms with Crippen LogP contribution in [0.2, 0.25) is 0 Å². The van der Waals surface area contributed by atoms with E-state index in [4.69, 9.17) is 5.11 Å². The van der Waals surface area contributed by atoms with Crippen LogP contribution in [0.5, 0.6) is 0 Å². The average molecular weight is 259 g/mol. The van der Waals surface area contributed by atoms with Crippen molar-refractivity contribution in [2.45, 2.75) is 19.4 Å². The number of hydrogen-bond donors (Lipinski definition) is 3. The first-order valence-corrected chi connectivity index (χ1v) is 5.20. The highest BCUT2D eigenvalue weighted by Crippen LogP contribution is 1.94. The fraction of sp³-hybridized carbons (Fsp3) is 0.600. The molecule has 102 valence electrons. The van der Waals surface area contributed by atoms with Crippen LogP contribution in [0.1, 0.15) is 13.3 Å². The molecule has 1 atom stereocenters. The number of rotatable bonds is 6. The van der Waals surface area contributed by atoms with E-state index in [9.17, 15) is 19.2 Å². The van der Waals surface area contributed by atoms with Gasteiger partial charge in [0, 0.05) is 14.1 Å². The van der Waals surface area contributed by atoms with Crippen LogP contribution in [0, 0.1) is 0 Å². The number of nitrogens with zero attached hydrogens (tertiary/aromatic N) is 1. The Hall–Kier alpha value is -2.12. The summed E-state index contributed by atoms with van der Waals surface area (Å²) in [4.78, 5) is 45.3. The van der Waals surface area contributed by atoms with Crippen molar-refractivity contribution >= 4 is 23.7 Å². The van der Waals surface area contributed by atoms with Gasteiger partial charge in [-0.3, -0.25) is 14.4 Å². The van der Waals surface area contributed by atoms with Gasteiger partial charge in [0.1, 0.15) is 0 Å². The van der Waals surface area contributed by atoms with Gasteiger partial charge in [0.2, 0.25) is 5.91 Å². The van der Waals surface area contributed by atoms with E-state index >= 15 is 0 Å². The molecule has 8 heteroatoms. The van der Waals surface area contributed by atoms with Crippen molar-refractivity contribution in [1.29, 1.82) is 0 Å². The standard InChI is InChI=1S/C10H17N3O5/c1-6(14)7(4-9(16)17)12-8(15)5-11-10(18)13(2)3/h7H,4-5H2,1-3H3,(H,11,18)(H,12,15)(H,16,17). The SMILES string of the molecule is CC(=O)C(CC(=O)O)NC(=O)CNC(=O)N(C)C. The fourth-order valence-corrected chi connectivity index (χ4v) is 1.03. The normalized spacial score (nSPS) is 11.3. The predicted molar refractivity (Wildman–Crippen MR) is 62.0 cm³/mol. The van der Waals surface area contributed by atoms with Crippen LogP contribution >= 0.6 is 0 Å². The maximum absolute atomic E-state index is 11.4. The van der Waals surface area contributed by atoms with Gasteiger partial charge in [0.05, 0.1) is 19.0 Å². The van der Waals surface area contributed by atoms with Crippen LogP contribution in [-0.4, -0.2) is 60.4 Å². The summed E-state index contributed by atoms with van der Waals surface area (Å²) in [6.45, 7) is 0.868. The maximum Gasteiger partial charge on any atom is 0.317 e. The summed E-state index contributed by atoms with van der Waals surface area (Å²) in [6.07, 6.45) is -0.483. The summed E-state index contributed by atoms with van der Waals surface area (Å²) >= 11 is 0. The number of Topliss-reactive ketones (excluding diaryl/α,β-unsaturated/α-hetero) is 1. The molecule has 8 nitrogen and oxygen atoms in total. The third-order valence-electron chi connectivity index (χ3n) is 2.01. The topological polar surface area (TPSA) is 116 Å². The molecular weight excluding hydrogens is 242 g/mol. The van der Waals surface area contributed by atoms with E-state index in [2.05, 4.69) is 10.6 Å². The third-order valence-corrected chi connectivity index (χ3v) is 2.01. The first-order valence-electron chi connectivity index (χ1n) is 5.20. The number of amides is 3. The predicted octanol–water partition coefficient (Wildman–Crippen LogP) is -1.19. The highest BCUT2D eigenvalue weighted by Gasteiger charge is 2.20. The van der Waals surface area contributed by atoms with Gasteiger partial charge in [-0.25, -0.2) is 4.79 Å². The Balaban J connectivity index is 4.22. The van der Waals surface area contributed by atoms with E-state index in [0.717, 1.165) is 0 Å². The summed E-state index contributed by atoms with van der Waals surface area (Å²) < 4.78 is 0. The molecule has 0 saturated carbocycles. The van der Waals surface area contributed by atoms with Gasteiger partial charge < -0.3 is 20.6 Å². The van der Waals surface area contributed by atoms with Crippen molar-refractivity contribution in [2.24, 2.45) is 0 Å². The Labute approximate surface area is 104 Å². The van der Waals surface area contributed by atoms with Crippen LogP contribution in [0.25, 0.3) is 0 Å². The molecule has 0 rings (SSSR count). The van der Waals surface area contributed by atoms with Crippen LogP contribution in [0.3, 0.4) is 0 Å². The summed E-state index contributed by atoms with van der Waals surface area (Å²) in [7, 11) is 3.02. The lowest BCUT2D eigenvalue weighted by molar-refractivity contribution is -0.139. The molecule has 0 spiro atoms. The second kappa shape index (κ2) is 7.25. The minimum atomic E-state index is -1.19. The zero-order valence-corrected chi connectivity index (χ0v) is 10.5. The number of carboxylic acid groups (broad SMARTS) is 1. The van der Waals surface area contributed by atoms with E-state index in [-0.39, 0.29) is 6.54 Å². The molecule has 0 bridgehead atoms. The van der Waals surface area contributed by atoms with E-state index in [0.29, 0.717) is 0 Å². The number of carbonyl (C=O) groups is 4. The molecule has 0 heterocycles. The molecule has 3 amide bonds. The Morgan fingerprint density at radius 1 is 1.22 bits per heavy atom. The van der Waals surface area contributed by atoms with Crippen molar-refractivity contribution in [2.75, 3.05) is 20.6 Å². The Kier molecular flexibility index (Phi) is 6.40. The van der Waals surface area contributed by atoms with E-state index in [1.165, 1.54) is 25.9 Å². The molecule has 3 N–H and O–H groups in total. The van der Waals surface area contributed by atoms with Gasteiger partial charge >= 0.3 is 12.0 Å². The lowest BCUT2D eigenvalue weighted by Gasteiger charge is -2.15. The van der Waals surface area contributed by atoms with Gasteiger partial charge in [0.15, 0.2) is 5.78 Å². The molecule has 0 saturated heterocycles. The monoisotopic (exact) mass is 259 g/mol. The van der Waals surface area contributed by atoms with Crippen LogP contribution in [0.15, 0.2) is 0 Å². The molecule has 1 unspecified atom stereocenters. The van der Waals surface area contributed by atoms with Crippen molar-refractivity contribution in [1.82, 2.24) is 15.5 Å². The first-order chi connectivity index (χ1) is 8.23. The lowest BCUT2D eigenvalue weighted by atomic mass is 10.1. The third kappa shape index (κ3) is 6.46. The number of aliphatic carboxylic acids is 1. The highest BCUT2D eigenvalue weighted by atomic mass is 16.4. The molecule has 18 heavy (non-hydrogen) atoms. The summed E-state index contributed by atoms with van der Waals surface area (Å²) in [5, 5.41) is 13.1. The lowest BCUT2D eigenvalue weighted by Crippen LogP contribution is -2.47. The zero-order chi connectivity index (χ0) is 14.3. The molecule has 0 fully saturated rings. The van der Waals surface area contributed by atoms with Gasteiger partial charge in [-0.1, -0.05) is 0 Å². The molecule has 0 aromatic heterocycles. The van der Waals surface area contributed by atoms with Gasteiger partial charge in [-0.15, -0.1) is 0 Å². The fourth-order valence-electron chi connectivity index (χ4n) is 1.03. The van der Waals surface area contributed by atoms with E-state index in [1.54, 1.807) is 0 Å². The molecule has 0 aliphatic rings. The van der Waals surface area contributed by atoms with Gasteiger partial charge in [-0.2, -0.15) is 0 Å². The number of urea groups is 1. The molecule has 0 radical (unpaired) electrons. The zero-order valence-electron chi connectivity index (χ0n) is 10.5. The average Bonchev–Trinajstić information content (AvgIpc) is 2.23. The van der Waals surface area contributed by atoms with Gasteiger partial charge in [0.25, 0.3) is 0 Å². The van der Waals surface area contributed by atoms with Crippen LogP contribution in [-0.2, 0) is 14.4 Å². The van der Waals surface area contributed by atoms with Crippen LogP contribution in [0.4, 0.5) is 4.79 Å². The van der Waals surface area contributed by atoms with E-state index in [1.807, 2.05) is 0 Å². The Morgan fingerprint density at radius 2 is 1.78 bits per heavy atom.